The second kappa shape index (κ2) is 5.54. The third-order valence-electron chi connectivity index (χ3n) is 2.80. The van der Waals surface area contributed by atoms with Crippen LogP contribution in [-0.4, -0.2) is 15.5 Å². The number of imidazole rings is 1. The lowest BCUT2D eigenvalue weighted by atomic mass is 10.2. The Morgan fingerprint density at radius 3 is 2.94 bits per heavy atom. The molecule has 1 aromatic heterocycles. The van der Waals surface area contributed by atoms with Crippen LogP contribution in [0.2, 0.25) is 5.02 Å². The molecule has 4 nitrogen and oxygen atoms in total. The molecule has 1 amide bonds. The quantitative estimate of drug-likeness (QED) is 0.654. The fraction of sp³-hybridized carbons (Fsp3) is 0.333. The summed E-state index contributed by atoms with van der Waals surface area (Å²) in [4.78, 5) is 13.8. The monoisotopic (exact) mass is 283 g/mol. The number of H-pyrrole nitrogens is 1. The van der Waals surface area contributed by atoms with E-state index in [-0.39, 0.29) is 5.91 Å². The second-order valence-corrected chi connectivity index (χ2v) is 4.94. The standard InChI is InChI=1S/C12H14ClN3OS/c13-8-4-3-5-9-11(8)16(12(18)15-9)7-2-1-6-10(14)17/h3-5H,1-2,6-7H2,(H2,14,17)(H,15,18). The maximum absolute atomic E-state index is 10.7. The van der Waals surface area contributed by atoms with Crippen molar-refractivity contribution in [1.82, 2.24) is 9.55 Å². The van der Waals surface area contributed by atoms with Gasteiger partial charge in [-0.05, 0) is 37.2 Å². The molecule has 3 N–H and O–H groups in total. The molecule has 0 bridgehead atoms. The molecule has 0 saturated heterocycles. The highest BCUT2D eigenvalue weighted by Crippen LogP contribution is 2.23. The van der Waals surface area contributed by atoms with Gasteiger partial charge >= 0.3 is 0 Å². The number of rotatable bonds is 5. The van der Waals surface area contributed by atoms with E-state index in [1.165, 1.54) is 0 Å². The van der Waals surface area contributed by atoms with E-state index in [2.05, 4.69) is 4.98 Å². The molecule has 2 aromatic rings. The van der Waals surface area contributed by atoms with Crippen LogP contribution >= 0.6 is 23.8 Å². The highest BCUT2D eigenvalue weighted by atomic mass is 35.5. The van der Waals surface area contributed by atoms with E-state index in [1.807, 2.05) is 22.8 Å². The average molecular weight is 284 g/mol. The molecule has 0 saturated carbocycles. The molecular formula is C12H14ClN3OS. The minimum atomic E-state index is -0.268. The largest absolute Gasteiger partial charge is 0.370 e. The van der Waals surface area contributed by atoms with Crippen LogP contribution in [0.3, 0.4) is 0 Å². The molecule has 0 radical (unpaired) electrons. The number of fused-ring (bicyclic) bond motifs is 1. The van der Waals surface area contributed by atoms with Crippen LogP contribution in [0.15, 0.2) is 18.2 Å². The van der Waals surface area contributed by atoms with E-state index < -0.39 is 0 Å². The zero-order chi connectivity index (χ0) is 13.1. The molecule has 0 aliphatic carbocycles. The summed E-state index contributed by atoms with van der Waals surface area (Å²) in [6.45, 7) is 0.732. The van der Waals surface area contributed by atoms with Gasteiger partial charge in [0.2, 0.25) is 5.91 Å². The van der Waals surface area contributed by atoms with Crippen molar-refractivity contribution in [2.45, 2.75) is 25.8 Å². The number of nitrogens with one attached hydrogen (secondary N) is 1. The van der Waals surface area contributed by atoms with Crippen LogP contribution in [-0.2, 0) is 11.3 Å². The van der Waals surface area contributed by atoms with Crippen molar-refractivity contribution in [3.8, 4) is 0 Å². The van der Waals surface area contributed by atoms with Crippen molar-refractivity contribution in [3.63, 3.8) is 0 Å². The summed E-state index contributed by atoms with van der Waals surface area (Å²) < 4.78 is 2.62. The Morgan fingerprint density at radius 1 is 1.44 bits per heavy atom. The number of aromatic nitrogens is 2. The van der Waals surface area contributed by atoms with Gasteiger partial charge < -0.3 is 15.3 Å². The number of carbonyl (C=O) groups excluding carboxylic acids is 1. The number of primary amides is 1. The van der Waals surface area contributed by atoms with Gasteiger partial charge in [-0.3, -0.25) is 4.79 Å². The number of unbranched alkanes of at least 4 members (excludes halogenated alkanes) is 1. The van der Waals surface area contributed by atoms with Gasteiger partial charge in [-0.2, -0.15) is 0 Å². The Hall–Kier alpha value is -1.33. The number of aryl methyl sites for hydroxylation is 1. The Balaban J connectivity index is 2.20. The molecule has 0 spiro atoms. The highest BCUT2D eigenvalue weighted by molar-refractivity contribution is 7.71. The van der Waals surface area contributed by atoms with Crippen LogP contribution in [0.25, 0.3) is 11.0 Å². The molecule has 18 heavy (non-hydrogen) atoms. The first-order valence-electron chi connectivity index (χ1n) is 5.75. The number of nitrogens with two attached hydrogens (primary N) is 1. The number of hydrogen-bond acceptors (Lipinski definition) is 2. The lowest BCUT2D eigenvalue weighted by Gasteiger charge is -2.05. The lowest BCUT2D eigenvalue weighted by Crippen LogP contribution is -2.10. The molecular weight excluding hydrogens is 270 g/mol. The lowest BCUT2D eigenvalue weighted by molar-refractivity contribution is -0.118. The third-order valence-corrected chi connectivity index (χ3v) is 3.43. The smallest absolute Gasteiger partial charge is 0.217 e. The second-order valence-electron chi connectivity index (χ2n) is 4.14. The van der Waals surface area contributed by atoms with Gasteiger partial charge in [-0.1, -0.05) is 17.7 Å². The van der Waals surface area contributed by atoms with Crippen molar-refractivity contribution in [2.75, 3.05) is 0 Å². The van der Waals surface area contributed by atoms with E-state index in [1.54, 1.807) is 0 Å². The van der Waals surface area contributed by atoms with E-state index in [0.29, 0.717) is 16.2 Å². The predicted molar refractivity (Wildman–Crippen MR) is 75.2 cm³/mol. The summed E-state index contributed by atoms with van der Waals surface area (Å²) >= 11 is 11.4. The van der Waals surface area contributed by atoms with E-state index in [4.69, 9.17) is 29.6 Å². The topological polar surface area (TPSA) is 63.8 Å². The van der Waals surface area contributed by atoms with Crippen LogP contribution in [0.5, 0.6) is 0 Å². The van der Waals surface area contributed by atoms with Crippen LogP contribution in [0, 0.1) is 4.77 Å². The molecule has 0 unspecified atom stereocenters. The Bertz CT molecular complexity index is 632. The molecule has 6 heteroatoms. The number of para-hydroxylation sites is 1. The molecule has 0 atom stereocenters. The number of hydrogen-bond donors (Lipinski definition) is 2. The molecule has 2 rings (SSSR count). The normalized spacial score (nSPS) is 10.9. The summed E-state index contributed by atoms with van der Waals surface area (Å²) in [5.74, 6) is -0.268. The summed E-state index contributed by atoms with van der Waals surface area (Å²) in [7, 11) is 0. The van der Waals surface area contributed by atoms with Crippen LogP contribution in [0.1, 0.15) is 19.3 Å². The van der Waals surface area contributed by atoms with E-state index >= 15 is 0 Å². The summed E-state index contributed by atoms with van der Waals surface area (Å²) in [6, 6.07) is 5.66. The van der Waals surface area contributed by atoms with Gasteiger partial charge in [0.05, 0.1) is 16.1 Å². The van der Waals surface area contributed by atoms with Gasteiger partial charge in [0.1, 0.15) is 0 Å². The number of aromatic amines is 1. The predicted octanol–water partition coefficient (Wildman–Crippen LogP) is 3.01. The van der Waals surface area contributed by atoms with Crippen molar-refractivity contribution in [3.05, 3.63) is 28.0 Å². The first-order valence-corrected chi connectivity index (χ1v) is 6.53. The highest BCUT2D eigenvalue weighted by Gasteiger charge is 2.07. The molecule has 1 aromatic carbocycles. The number of halogens is 1. The Kier molecular flexibility index (Phi) is 4.04. The Morgan fingerprint density at radius 2 is 2.22 bits per heavy atom. The minimum absolute atomic E-state index is 0.268. The molecule has 96 valence electrons. The average Bonchev–Trinajstić information content (AvgIpc) is 2.62. The van der Waals surface area contributed by atoms with Crippen molar-refractivity contribution in [1.29, 1.82) is 0 Å². The number of benzene rings is 1. The van der Waals surface area contributed by atoms with Crippen molar-refractivity contribution >= 4 is 40.8 Å². The molecule has 0 aliphatic rings. The molecule has 0 fully saturated rings. The Labute approximate surface area is 115 Å². The SMILES string of the molecule is NC(=O)CCCCn1c(=S)[nH]c2cccc(Cl)c21. The van der Waals surface area contributed by atoms with Gasteiger partial charge in [0.15, 0.2) is 4.77 Å². The van der Waals surface area contributed by atoms with Gasteiger partial charge in [-0.15, -0.1) is 0 Å². The van der Waals surface area contributed by atoms with Crippen LogP contribution in [0.4, 0.5) is 0 Å². The van der Waals surface area contributed by atoms with E-state index in [9.17, 15) is 4.79 Å². The van der Waals surface area contributed by atoms with Crippen molar-refractivity contribution in [2.24, 2.45) is 5.73 Å². The molecule has 1 heterocycles. The van der Waals surface area contributed by atoms with Gasteiger partial charge in [-0.25, -0.2) is 0 Å². The zero-order valence-electron chi connectivity index (χ0n) is 9.78. The van der Waals surface area contributed by atoms with Gasteiger partial charge in [0, 0.05) is 13.0 Å². The summed E-state index contributed by atoms with van der Waals surface area (Å²) in [5, 5.41) is 0.676. The first-order chi connectivity index (χ1) is 8.59. The fourth-order valence-electron chi connectivity index (χ4n) is 1.96. The number of amides is 1. The zero-order valence-corrected chi connectivity index (χ0v) is 11.4. The van der Waals surface area contributed by atoms with Crippen molar-refractivity contribution < 1.29 is 4.79 Å². The van der Waals surface area contributed by atoms with E-state index in [0.717, 1.165) is 30.4 Å². The van der Waals surface area contributed by atoms with Gasteiger partial charge in [0.25, 0.3) is 0 Å². The first kappa shape index (κ1) is 13.1. The maximum Gasteiger partial charge on any atom is 0.217 e. The third kappa shape index (κ3) is 2.73. The summed E-state index contributed by atoms with van der Waals surface area (Å²) in [5.41, 5.74) is 6.96. The minimum Gasteiger partial charge on any atom is -0.370 e. The fourth-order valence-corrected chi connectivity index (χ4v) is 2.53. The number of carbonyl (C=O) groups is 1. The maximum atomic E-state index is 10.7. The number of nitrogens with zero attached hydrogens (tertiary/aromatic N) is 1. The van der Waals surface area contributed by atoms with Crippen LogP contribution < -0.4 is 5.73 Å². The molecule has 0 aliphatic heterocycles. The summed E-state index contributed by atoms with van der Waals surface area (Å²) in [6.07, 6.45) is 2.01.